The van der Waals surface area contributed by atoms with E-state index in [9.17, 15) is 0 Å². The largest absolute Gasteiger partial charge is 0.330 e. The summed E-state index contributed by atoms with van der Waals surface area (Å²) < 4.78 is 1.02. The molecule has 3 heteroatoms. The molecule has 1 atom stereocenters. The number of hydrogen-bond acceptors (Lipinski definition) is 2. The number of halogens is 1. The zero-order chi connectivity index (χ0) is 13.7. The number of hydrogen-bond donors (Lipinski definition) is 1. The third kappa shape index (κ3) is 4.15. The molecule has 0 fully saturated rings. The predicted octanol–water partition coefficient (Wildman–Crippen LogP) is 3.51. The summed E-state index contributed by atoms with van der Waals surface area (Å²) in [4.78, 5) is 4.21. The van der Waals surface area contributed by atoms with Gasteiger partial charge in [0.25, 0.3) is 0 Å². The Morgan fingerprint density at radius 3 is 2.68 bits per heavy atom. The van der Waals surface area contributed by atoms with Gasteiger partial charge < -0.3 is 5.73 Å². The number of aromatic nitrogens is 1. The monoisotopic (exact) mass is 318 g/mol. The average Bonchev–Trinajstić information content (AvgIpc) is 2.40. The quantitative estimate of drug-likeness (QED) is 0.916. The molecule has 0 amide bonds. The van der Waals surface area contributed by atoms with Crippen molar-refractivity contribution in [2.75, 3.05) is 6.54 Å². The maximum atomic E-state index is 5.92. The number of rotatable bonds is 5. The Balaban J connectivity index is 2.07. The van der Waals surface area contributed by atoms with Crippen LogP contribution in [-0.2, 0) is 12.8 Å². The molecule has 2 N–H and O–H groups in total. The molecule has 1 unspecified atom stereocenters. The molecule has 2 rings (SSSR count). The Hall–Kier alpha value is -1.19. The molecule has 1 aromatic heterocycles. The fourth-order valence-corrected chi connectivity index (χ4v) is 2.70. The van der Waals surface area contributed by atoms with E-state index in [4.69, 9.17) is 5.73 Å². The first-order chi connectivity index (χ1) is 9.19. The fraction of sp³-hybridized carbons (Fsp3) is 0.312. The minimum absolute atomic E-state index is 0.456. The number of benzene rings is 1. The smallest absolute Gasteiger partial charge is 0.0410 e. The molecule has 2 aromatic rings. The molecular weight excluding hydrogens is 300 g/mol. The molecule has 100 valence electrons. The third-order valence-electron chi connectivity index (χ3n) is 3.39. The van der Waals surface area contributed by atoms with Crippen molar-refractivity contribution >= 4 is 15.9 Å². The first kappa shape index (κ1) is 14.2. The molecule has 0 spiro atoms. The van der Waals surface area contributed by atoms with Gasteiger partial charge in [-0.1, -0.05) is 24.3 Å². The first-order valence-electron chi connectivity index (χ1n) is 6.53. The predicted molar refractivity (Wildman–Crippen MR) is 83.1 cm³/mol. The Morgan fingerprint density at radius 1 is 1.21 bits per heavy atom. The summed E-state index contributed by atoms with van der Waals surface area (Å²) in [6, 6.07) is 10.6. The Morgan fingerprint density at radius 2 is 2.00 bits per heavy atom. The van der Waals surface area contributed by atoms with E-state index in [1.165, 1.54) is 16.7 Å². The highest BCUT2D eigenvalue weighted by molar-refractivity contribution is 9.10. The molecule has 1 heterocycles. The molecule has 0 radical (unpaired) electrons. The highest BCUT2D eigenvalue weighted by atomic mass is 79.9. The van der Waals surface area contributed by atoms with Gasteiger partial charge in [0.05, 0.1) is 0 Å². The highest BCUT2D eigenvalue weighted by Crippen LogP contribution is 2.18. The summed E-state index contributed by atoms with van der Waals surface area (Å²) in [5, 5.41) is 0. The van der Waals surface area contributed by atoms with Gasteiger partial charge in [-0.2, -0.15) is 0 Å². The van der Waals surface area contributed by atoms with Crippen molar-refractivity contribution in [3.05, 3.63) is 63.9 Å². The van der Waals surface area contributed by atoms with E-state index in [2.05, 4.69) is 58.2 Å². The Labute approximate surface area is 123 Å². The molecule has 0 saturated carbocycles. The average molecular weight is 319 g/mol. The van der Waals surface area contributed by atoms with Crippen LogP contribution in [0.2, 0.25) is 0 Å². The standard InChI is InChI=1S/C16H19BrN2/c1-12-4-2-3-5-15(12)7-13(9-18)6-14-8-16(17)11-19-10-14/h2-5,8,10-11,13H,6-7,9,18H2,1H3. The molecule has 2 nitrogen and oxygen atoms in total. The Kier molecular flexibility index (Phi) is 5.11. The maximum absolute atomic E-state index is 5.92. The molecule has 0 aliphatic rings. The lowest BCUT2D eigenvalue weighted by Crippen LogP contribution is -2.19. The number of nitrogens with zero attached hydrogens (tertiary/aromatic N) is 1. The van der Waals surface area contributed by atoms with Crippen molar-refractivity contribution in [1.82, 2.24) is 4.98 Å². The van der Waals surface area contributed by atoms with E-state index in [-0.39, 0.29) is 0 Å². The van der Waals surface area contributed by atoms with Crippen LogP contribution in [0.1, 0.15) is 16.7 Å². The SMILES string of the molecule is Cc1ccccc1CC(CN)Cc1cncc(Br)c1. The second kappa shape index (κ2) is 6.83. The highest BCUT2D eigenvalue weighted by Gasteiger charge is 2.11. The molecule has 0 saturated heterocycles. The van der Waals surface area contributed by atoms with Crippen molar-refractivity contribution < 1.29 is 0 Å². The van der Waals surface area contributed by atoms with Gasteiger partial charge in [-0.25, -0.2) is 0 Å². The normalized spacial score (nSPS) is 12.4. The first-order valence-corrected chi connectivity index (χ1v) is 7.32. The van der Waals surface area contributed by atoms with E-state index in [1.54, 1.807) is 0 Å². The summed E-state index contributed by atoms with van der Waals surface area (Å²) in [5.41, 5.74) is 9.89. The van der Waals surface area contributed by atoms with Gasteiger partial charge in [0.1, 0.15) is 0 Å². The second-order valence-corrected chi connectivity index (χ2v) is 5.86. The van der Waals surface area contributed by atoms with Crippen LogP contribution in [-0.4, -0.2) is 11.5 Å². The van der Waals surface area contributed by atoms with Crippen LogP contribution in [0.25, 0.3) is 0 Å². The van der Waals surface area contributed by atoms with Gasteiger partial charge in [0.2, 0.25) is 0 Å². The van der Waals surface area contributed by atoms with E-state index in [0.29, 0.717) is 12.5 Å². The van der Waals surface area contributed by atoms with Gasteiger partial charge >= 0.3 is 0 Å². The van der Waals surface area contributed by atoms with Crippen molar-refractivity contribution in [2.45, 2.75) is 19.8 Å². The minimum Gasteiger partial charge on any atom is -0.330 e. The van der Waals surface area contributed by atoms with Crippen molar-refractivity contribution in [2.24, 2.45) is 11.7 Å². The summed E-state index contributed by atoms with van der Waals surface area (Å²) >= 11 is 3.46. The lowest BCUT2D eigenvalue weighted by molar-refractivity contribution is 0.531. The number of nitrogens with two attached hydrogens (primary N) is 1. The van der Waals surface area contributed by atoms with Gasteiger partial charge in [-0.05, 0) is 70.9 Å². The molecule has 0 bridgehead atoms. The third-order valence-corrected chi connectivity index (χ3v) is 3.82. The van der Waals surface area contributed by atoms with Gasteiger partial charge in [0, 0.05) is 16.9 Å². The fourth-order valence-electron chi connectivity index (χ4n) is 2.29. The summed E-state index contributed by atoms with van der Waals surface area (Å²) in [5.74, 6) is 0.456. The molecule has 0 aliphatic carbocycles. The maximum Gasteiger partial charge on any atom is 0.0410 e. The van der Waals surface area contributed by atoms with Crippen LogP contribution in [0, 0.1) is 12.8 Å². The van der Waals surface area contributed by atoms with Crippen LogP contribution in [0.3, 0.4) is 0 Å². The number of pyridine rings is 1. The van der Waals surface area contributed by atoms with E-state index < -0.39 is 0 Å². The zero-order valence-corrected chi connectivity index (χ0v) is 12.7. The van der Waals surface area contributed by atoms with Gasteiger partial charge in [-0.3, -0.25) is 4.98 Å². The molecule has 1 aromatic carbocycles. The molecule has 19 heavy (non-hydrogen) atoms. The zero-order valence-electron chi connectivity index (χ0n) is 11.1. The van der Waals surface area contributed by atoms with Gasteiger partial charge in [0.15, 0.2) is 0 Å². The summed E-state index contributed by atoms with van der Waals surface area (Å²) in [6.07, 6.45) is 5.72. The van der Waals surface area contributed by atoms with Crippen LogP contribution >= 0.6 is 15.9 Å². The van der Waals surface area contributed by atoms with E-state index >= 15 is 0 Å². The Bertz CT molecular complexity index is 540. The van der Waals surface area contributed by atoms with Crippen LogP contribution < -0.4 is 5.73 Å². The topological polar surface area (TPSA) is 38.9 Å². The molecular formula is C16H19BrN2. The van der Waals surface area contributed by atoms with E-state index in [1.807, 2.05) is 12.4 Å². The minimum atomic E-state index is 0.456. The van der Waals surface area contributed by atoms with Crippen LogP contribution in [0.5, 0.6) is 0 Å². The van der Waals surface area contributed by atoms with Crippen molar-refractivity contribution in [3.63, 3.8) is 0 Å². The van der Waals surface area contributed by atoms with Crippen LogP contribution in [0.4, 0.5) is 0 Å². The van der Waals surface area contributed by atoms with Gasteiger partial charge in [-0.15, -0.1) is 0 Å². The lowest BCUT2D eigenvalue weighted by atomic mass is 9.91. The van der Waals surface area contributed by atoms with E-state index in [0.717, 1.165) is 17.3 Å². The summed E-state index contributed by atoms with van der Waals surface area (Å²) in [7, 11) is 0. The number of aryl methyl sites for hydroxylation is 1. The molecule has 0 aliphatic heterocycles. The summed E-state index contributed by atoms with van der Waals surface area (Å²) in [6.45, 7) is 2.85. The van der Waals surface area contributed by atoms with Crippen molar-refractivity contribution in [1.29, 1.82) is 0 Å². The van der Waals surface area contributed by atoms with Crippen molar-refractivity contribution in [3.8, 4) is 0 Å². The lowest BCUT2D eigenvalue weighted by Gasteiger charge is -2.16. The van der Waals surface area contributed by atoms with Crippen LogP contribution in [0.15, 0.2) is 47.2 Å². The second-order valence-electron chi connectivity index (χ2n) is 4.95.